The monoisotopic (exact) mass is 461 g/mol. The lowest BCUT2D eigenvalue weighted by Crippen LogP contribution is -2.42. The number of benzene rings is 3. The summed E-state index contributed by atoms with van der Waals surface area (Å²) in [6, 6.07) is 15.8. The molecular formula is C26H23NO7. The molecule has 0 aliphatic carbocycles. The molecular weight excluding hydrogens is 438 g/mol. The third-order valence-corrected chi connectivity index (χ3v) is 5.37. The molecule has 0 radical (unpaired) electrons. The lowest BCUT2D eigenvalue weighted by atomic mass is 10.1. The minimum Gasteiger partial charge on any atom is -0.507 e. The third kappa shape index (κ3) is 4.71. The van der Waals surface area contributed by atoms with Gasteiger partial charge in [-0.1, -0.05) is 49.4 Å². The predicted octanol–water partition coefficient (Wildman–Crippen LogP) is 4.57. The first-order valence-corrected chi connectivity index (χ1v) is 10.8. The third-order valence-electron chi connectivity index (χ3n) is 5.37. The average molecular weight is 461 g/mol. The second-order valence-electron chi connectivity index (χ2n) is 7.79. The van der Waals surface area contributed by atoms with Crippen molar-refractivity contribution >= 4 is 34.0 Å². The Morgan fingerprint density at radius 3 is 2.59 bits per heavy atom. The zero-order valence-electron chi connectivity index (χ0n) is 18.7. The summed E-state index contributed by atoms with van der Waals surface area (Å²) in [5.41, 5.74) is 1.64. The molecule has 0 bridgehead atoms. The molecule has 1 atom stereocenters. The normalized spacial score (nSPS) is 11.8. The van der Waals surface area contributed by atoms with Crippen LogP contribution in [-0.4, -0.2) is 23.2 Å². The summed E-state index contributed by atoms with van der Waals surface area (Å²) in [5, 5.41) is 13.3. The Labute approximate surface area is 194 Å². The van der Waals surface area contributed by atoms with Gasteiger partial charge in [-0.3, -0.25) is 4.79 Å². The number of amides is 1. The Kier molecular flexibility index (Phi) is 6.49. The molecule has 0 unspecified atom stereocenters. The molecule has 0 fully saturated rings. The molecule has 0 aliphatic heterocycles. The molecule has 3 aromatic carbocycles. The fourth-order valence-corrected chi connectivity index (χ4v) is 3.58. The Bertz CT molecular complexity index is 1430. The number of esters is 1. The van der Waals surface area contributed by atoms with Gasteiger partial charge in [0.2, 0.25) is 5.43 Å². The molecule has 34 heavy (non-hydrogen) atoms. The maximum atomic E-state index is 12.8. The number of ether oxygens (including phenoxy) is 2. The quantitative estimate of drug-likeness (QED) is 0.245. The van der Waals surface area contributed by atoms with E-state index in [4.69, 9.17) is 13.9 Å². The Morgan fingerprint density at radius 2 is 1.85 bits per heavy atom. The van der Waals surface area contributed by atoms with Crippen LogP contribution in [0.1, 0.15) is 24.5 Å². The number of fused-ring (bicyclic) bond motifs is 2. The van der Waals surface area contributed by atoms with Crippen LogP contribution in [0.2, 0.25) is 0 Å². The van der Waals surface area contributed by atoms with Crippen molar-refractivity contribution in [2.24, 2.45) is 0 Å². The summed E-state index contributed by atoms with van der Waals surface area (Å²) < 4.78 is 16.4. The number of hydrogen-bond acceptors (Lipinski definition) is 7. The van der Waals surface area contributed by atoms with Crippen LogP contribution >= 0.6 is 0 Å². The molecule has 4 aromatic rings. The largest absolute Gasteiger partial charge is 0.507 e. The predicted molar refractivity (Wildman–Crippen MR) is 126 cm³/mol. The van der Waals surface area contributed by atoms with Gasteiger partial charge >= 0.3 is 12.1 Å². The zero-order chi connectivity index (χ0) is 24.2. The van der Waals surface area contributed by atoms with Crippen LogP contribution < -0.4 is 15.5 Å². The van der Waals surface area contributed by atoms with E-state index >= 15 is 0 Å². The van der Waals surface area contributed by atoms with E-state index in [1.54, 1.807) is 32.0 Å². The number of phenols is 1. The summed E-state index contributed by atoms with van der Waals surface area (Å²) in [5.74, 6) is -1.15. The zero-order valence-corrected chi connectivity index (χ0v) is 18.7. The summed E-state index contributed by atoms with van der Waals surface area (Å²) in [6.45, 7) is 3.56. The molecule has 1 amide bonds. The Hall–Kier alpha value is -4.33. The van der Waals surface area contributed by atoms with Crippen molar-refractivity contribution in [1.29, 1.82) is 0 Å². The summed E-state index contributed by atoms with van der Waals surface area (Å²) >= 11 is 0. The van der Waals surface area contributed by atoms with E-state index in [0.717, 1.165) is 11.1 Å². The molecule has 0 aliphatic rings. The summed E-state index contributed by atoms with van der Waals surface area (Å²) in [6.07, 6.45) is -0.514. The first kappa shape index (κ1) is 22.8. The summed E-state index contributed by atoms with van der Waals surface area (Å²) in [4.78, 5) is 37.6. The second kappa shape index (κ2) is 9.66. The van der Waals surface area contributed by atoms with E-state index in [1.165, 1.54) is 12.1 Å². The molecule has 0 spiro atoms. The fourth-order valence-electron chi connectivity index (χ4n) is 3.58. The fraction of sp³-hybridized carbons (Fsp3) is 0.192. The molecule has 0 saturated carbocycles. The van der Waals surface area contributed by atoms with Gasteiger partial charge in [0.05, 0.1) is 5.39 Å². The van der Waals surface area contributed by atoms with Gasteiger partial charge in [0.15, 0.2) is 0 Å². The highest BCUT2D eigenvalue weighted by atomic mass is 16.6. The van der Waals surface area contributed by atoms with Crippen LogP contribution in [0.5, 0.6) is 11.5 Å². The number of carbonyl (C=O) groups is 2. The minimum absolute atomic E-state index is 0.00689. The first-order valence-electron chi connectivity index (χ1n) is 10.8. The van der Waals surface area contributed by atoms with Crippen molar-refractivity contribution in [3.8, 4) is 11.5 Å². The van der Waals surface area contributed by atoms with Crippen molar-refractivity contribution in [3.05, 3.63) is 82.0 Å². The highest BCUT2D eigenvalue weighted by Gasteiger charge is 2.23. The number of rotatable bonds is 6. The SMILES string of the molecule is CC[C@H](NC(=O)OCc1ccccc1)C(=O)Oc1cc(O)c2c(=O)c3cccc(C)c3oc2c1. The lowest BCUT2D eigenvalue weighted by molar-refractivity contribution is -0.136. The molecule has 0 saturated heterocycles. The maximum Gasteiger partial charge on any atom is 0.408 e. The number of hydrogen-bond donors (Lipinski definition) is 2. The smallest absolute Gasteiger partial charge is 0.408 e. The number of para-hydroxylation sites is 1. The van der Waals surface area contributed by atoms with Gasteiger partial charge in [-0.2, -0.15) is 0 Å². The molecule has 4 rings (SSSR count). The maximum absolute atomic E-state index is 12.8. The van der Waals surface area contributed by atoms with E-state index in [-0.39, 0.29) is 40.9 Å². The van der Waals surface area contributed by atoms with Crippen molar-refractivity contribution < 1.29 is 28.6 Å². The van der Waals surface area contributed by atoms with Crippen molar-refractivity contribution in [2.75, 3.05) is 0 Å². The van der Waals surface area contributed by atoms with Crippen LogP contribution in [0.4, 0.5) is 4.79 Å². The number of aryl methyl sites for hydroxylation is 1. The Morgan fingerprint density at radius 1 is 1.09 bits per heavy atom. The van der Waals surface area contributed by atoms with Gasteiger partial charge in [-0.15, -0.1) is 0 Å². The van der Waals surface area contributed by atoms with Gasteiger partial charge in [-0.25, -0.2) is 9.59 Å². The number of aromatic hydroxyl groups is 1. The minimum atomic E-state index is -0.980. The van der Waals surface area contributed by atoms with Crippen LogP contribution in [0.3, 0.4) is 0 Å². The van der Waals surface area contributed by atoms with E-state index < -0.39 is 18.1 Å². The van der Waals surface area contributed by atoms with Crippen LogP contribution in [0.15, 0.2) is 69.9 Å². The highest BCUT2D eigenvalue weighted by molar-refractivity contribution is 5.95. The van der Waals surface area contributed by atoms with E-state index in [2.05, 4.69) is 5.32 Å². The van der Waals surface area contributed by atoms with Gasteiger partial charge in [0, 0.05) is 12.1 Å². The van der Waals surface area contributed by atoms with E-state index in [1.807, 2.05) is 30.3 Å². The Balaban J connectivity index is 1.52. The van der Waals surface area contributed by atoms with Gasteiger partial charge in [0.25, 0.3) is 0 Å². The molecule has 1 heterocycles. The molecule has 174 valence electrons. The van der Waals surface area contributed by atoms with Crippen LogP contribution in [0, 0.1) is 6.92 Å². The van der Waals surface area contributed by atoms with Gasteiger partial charge in [-0.05, 0) is 30.5 Å². The second-order valence-corrected chi connectivity index (χ2v) is 7.79. The molecule has 1 aromatic heterocycles. The standard InChI is InChI=1S/C26H23NO7/c1-3-19(27-26(31)32-14-16-9-5-4-6-10-16)25(30)33-17-12-20(28)22-21(13-17)34-24-15(2)8-7-11-18(24)23(22)29/h4-13,19,28H,3,14H2,1-2H3,(H,27,31)/t19-/m0/s1. The van der Waals surface area contributed by atoms with Crippen molar-refractivity contribution in [2.45, 2.75) is 32.9 Å². The number of alkyl carbamates (subject to hydrolysis) is 1. The molecule has 8 nitrogen and oxygen atoms in total. The number of carbonyl (C=O) groups excluding carboxylic acids is 2. The highest BCUT2D eigenvalue weighted by Crippen LogP contribution is 2.31. The molecule has 8 heteroatoms. The van der Waals surface area contributed by atoms with Crippen molar-refractivity contribution in [1.82, 2.24) is 5.32 Å². The number of nitrogens with one attached hydrogen (secondary N) is 1. The molecule has 2 N–H and O–H groups in total. The lowest BCUT2D eigenvalue weighted by Gasteiger charge is -2.16. The van der Waals surface area contributed by atoms with Crippen LogP contribution in [-0.2, 0) is 16.1 Å². The van der Waals surface area contributed by atoms with Gasteiger partial charge in [0.1, 0.15) is 40.7 Å². The summed E-state index contributed by atoms with van der Waals surface area (Å²) in [7, 11) is 0. The van der Waals surface area contributed by atoms with Crippen LogP contribution in [0.25, 0.3) is 21.9 Å². The van der Waals surface area contributed by atoms with Crippen molar-refractivity contribution in [3.63, 3.8) is 0 Å². The van der Waals surface area contributed by atoms with Gasteiger partial charge < -0.3 is 24.3 Å². The average Bonchev–Trinajstić information content (AvgIpc) is 2.82. The van der Waals surface area contributed by atoms with E-state index in [9.17, 15) is 19.5 Å². The van der Waals surface area contributed by atoms with E-state index in [0.29, 0.717) is 11.0 Å². The topological polar surface area (TPSA) is 115 Å². The first-order chi connectivity index (χ1) is 16.4. The number of phenolic OH excluding ortho intramolecular Hbond substituents is 1.